The van der Waals surface area contributed by atoms with Gasteiger partial charge in [0.25, 0.3) is 0 Å². The quantitative estimate of drug-likeness (QED) is 0.291. The van der Waals surface area contributed by atoms with E-state index in [0.29, 0.717) is 6.54 Å². The van der Waals surface area contributed by atoms with E-state index < -0.39 is 5.60 Å². The summed E-state index contributed by atoms with van der Waals surface area (Å²) in [4.78, 5) is 5.79. The van der Waals surface area contributed by atoms with Gasteiger partial charge in [-0.15, -0.1) is 11.8 Å². The summed E-state index contributed by atoms with van der Waals surface area (Å²) in [5, 5.41) is 21.0. The van der Waals surface area contributed by atoms with Crippen LogP contribution in [0, 0.1) is 0 Å². The number of nitrogens with zero attached hydrogens (tertiary/aromatic N) is 1. The van der Waals surface area contributed by atoms with Crippen LogP contribution < -0.4 is 10.6 Å². The smallest absolute Gasteiger partial charge is 0.191 e. The molecule has 3 N–H and O–H groups in total. The zero-order chi connectivity index (χ0) is 17.3. The largest absolute Gasteiger partial charge is 0.383 e. The minimum atomic E-state index is -0.943. The van der Waals surface area contributed by atoms with Crippen molar-refractivity contribution in [3.63, 3.8) is 0 Å². The van der Waals surface area contributed by atoms with Crippen molar-refractivity contribution in [3.05, 3.63) is 52.7 Å². The van der Waals surface area contributed by atoms with E-state index in [1.54, 1.807) is 18.3 Å². The Kier molecular flexibility index (Phi) is 7.62. The predicted octanol–water partition coefficient (Wildman–Crippen LogP) is 3.30. The molecule has 0 saturated carbocycles. The first-order valence-corrected chi connectivity index (χ1v) is 10.00. The highest BCUT2D eigenvalue weighted by molar-refractivity contribution is 7.99. The van der Waals surface area contributed by atoms with E-state index in [2.05, 4.69) is 27.8 Å². The van der Waals surface area contributed by atoms with Crippen LogP contribution in [0.5, 0.6) is 0 Å². The maximum Gasteiger partial charge on any atom is 0.191 e. The molecule has 0 aliphatic carbocycles. The number of thioether (sulfide) groups is 1. The summed E-state index contributed by atoms with van der Waals surface area (Å²) in [7, 11) is 0. The highest BCUT2D eigenvalue weighted by Crippen LogP contribution is 2.23. The molecule has 1 unspecified atom stereocenters. The minimum Gasteiger partial charge on any atom is -0.383 e. The number of aliphatic hydroxyl groups is 1. The number of hydrogen-bond donors (Lipinski definition) is 3. The first kappa shape index (κ1) is 18.8. The number of hydrogen-bond acceptors (Lipinski definition) is 4. The van der Waals surface area contributed by atoms with Crippen molar-refractivity contribution in [1.82, 2.24) is 10.6 Å². The highest BCUT2D eigenvalue weighted by Gasteiger charge is 2.23. The third-order valence-corrected chi connectivity index (χ3v) is 5.14. The summed E-state index contributed by atoms with van der Waals surface area (Å²) < 4.78 is 0. The lowest BCUT2D eigenvalue weighted by Gasteiger charge is -2.21. The predicted molar refractivity (Wildman–Crippen MR) is 105 cm³/mol. The Balaban J connectivity index is 1.82. The van der Waals surface area contributed by atoms with Crippen LogP contribution in [0.25, 0.3) is 0 Å². The zero-order valence-electron chi connectivity index (χ0n) is 14.2. The maximum atomic E-state index is 10.6. The molecule has 130 valence electrons. The van der Waals surface area contributed by atoms with Crippen LogP contribution in [0.1, 0.15) is 19.4 Å². The highest BCUT2D eigenvalue weighted by atomic mass is 32.2. The molecule has 2 aromatic rings. The van der Waals surface area contributed by atoms with E-state index in [-0.39, 0.29) is 0 Å². The summed E-state index contributed by atoms with van der Waals surface area (Å²) in [6.45, 7) is 5.76. The summed E-state index contributed by atoms with van der Waals surface area (Å²) in [5.41, 5.74) is -0.0343. The van der Waals surface area contributed by atoms with E-state index in [1.165, 1.54) is 4.90 Å². The van der Waals surface area contributed by atoms with Crippen molar-refractivity contribution >= 4 is 29.1 Å². The molecule has 2 rings (SSSR count). The molecule has 6 heteroatoms. The van der Waals surface area contributed by atoms with Crippen molar-refractivity contribution in [2.45, 2.75) is 24.3 Å². The Morgan fingerprint density at radius 2 is 2.04 bits per heavy atom. The molecule has 0 amide bonds. The van der Waals surface area contributed by atoms with E-state index in [1.807, 2.05) is 53.7 Å². The first-order valence-electron chi connectivity index (χ1n) is 8.07. The number of nitrogens with one attached hydrogen (secondary N) is 2. The molecule has 4 nitrogen and oxygen atoms in total. The Bertz CT molecular complexity index is 612. The van der Waals surface area contributed by atoms with Crippen LogP contribution in [-0.2, 0) is 5.60 Å². The fraction of sp³-hybridized carbons (Fsp3) is 0.389. The van der Waals surface area contributed by atoms with Gasteiger partial charge in [0.05, 0.1) is 6.54 Å². The molecule has 24 heavy (non-hydrogen) atoms. The van der Waals surface area contributed by atoms with Crippen LogP contribution in [-0.4, -0.2) is 36.5 Å². The van der Waals surface area contributed by atoms with Gasteiger partial charge in [0.2, 0.25) is 0 Å². The molecular formula is C18H25N3OS2. The van der Waals surface area contributed by atoms with Crippen molar-refractivity contribution < 1.29 is 5.11 Å². The van der Waals surface area contributed by atoms with Gasteiger partial charge >= 0.3 is 0 Å². The number of thiophene rings is 1. The van der Waals surface area contributed by atoms with Gasteiger partial charge in [-0.1, -0.05) is 18.2 Å². The average Bonchev–Trinajstić information content (AvgIpc) is 3.13. The van der Waals surface area contributed by atoms with Crippen LogP contribution in [0.3, 0.4) is 0 Å². The second kappa shape index (κ2) is 9.71. The van der Waals surface area contributed by atoms with Gasteiger partial charge in [-0.3, -0.25) is 0 Å². The van der Waals surface area contributed by atoms with Gasteiger partial charge in [-0.25, -0.2) is 4.99 Å². The molecule has 0 aliphatic rings. The topological polar surface area (TPSA) is 56.7 Å². The zero-order valence-corrected chi connectivity index (χ0v) is 15.8. The number of aliphatic imine (C=N–C) groups is 1. The normalized spacial score (nSPS) is 14.2. The molecule has 0 radical (unpaired) electrons. The number of guanidine groups is 1. The van der Waals surface area contributed by atoms with Crippen molar-refractivity contribution in [3.8, 4) is 0 Å². The minimum absolute atomic E-state index is 0.324. The Labute approximate surface area is 152 Å². The number of rotatable bonds is 8. The van der Waals surface area contributed by atoms with Gasteiger partial charge in [0, 0.05) is 23.7 Å². The van der Waals surface area contributed by atoms with Gasteiger partial charge in [-0.05, 0) is 48.4 Å². The number of benzene rings is 1. The van der Waals surface area contributed by atoms with Gasteiger partial charge in [0.15, 0.2) is 5.96 Å². The third kappa shape index (κ3) is 6.19. The molecule has 0 saturated heterocycles. The third-order valence-electron chi connectivity index (χ3n) is 3.44. The summed E-state index contributed by atoms with van der Waals surface area (Å²) in [6.07, 6.45) is 0. The van der Waals surface area contributed by atoms with E-state index in [4.69, 9.17) is 0 Å². The van der Waals surface area contributed by atoms with Crippen LogP contribution in [0.15, 0.2) is 57.0 Å². The SMILES string of the molecule is CCNC(=NCC(C)(O)c1ccsc1)NCCSc1ccccc1. The van der Waals surface area contributed by atoms with Gasteiger partial charge < -0.3 is 15.7 Å². The molecule has 1 aromatic heterocycles. The molecule has 0 fully saturated rings. The van der Waals surface area contributed by atoms with E-state index >= 15 is 0 Å². The van der Waals surface area contributed by atoms with Crippen LogP contribution >= 0.6 is 23.1 Å². The monoisotopic (exact) mass is 363 g/mol. The lowest BCUT2D eigenvalue weighted by atomic mass is 10.00. The Morgan fingerprint density at radius 3 is 2.71 bits per heavy atom. The molecule has 0 bridgehead atoms. The van der Waals surface area contributed by atoms with E-state index in [9.17, 15) is 5.11 Å². The van der Waals surface area contributed by atoms with Crippen molar-refractivity contribution in [1.29, 1.82) is 0 Å². The second-order valence-corrected chi connectivity index (χ2v) is 7.52. The molecule has 1 aromatic carbocycles. The van der Waals surface area contributed by atoms with Crippen molar-refractivity contribution in [2.24, 2.45) is 4.99 Å². The molecule has 1 atom stereocenters. The van der Waals surface area contributed by atoms with Gasteiger partial charge in [-0.2, -0.15) is 11.3 Å². The fourth-order valence-electron chi connectivity index (χ4n) is 2.09. The van der Waals surface area contributed by atoms with E-state index in [0.717, 1.165) is 30.4 Å². The maximum absolute atomic E-state index is 10.6. The first-order chi connectivity index (χ1) is 11.6. The second-order valence-electron chi connectivity index (χ2n) is 5.57. The molecule has 1 heterocycles. The summed E-state index contributed by atoms with van der Waals surface area (Å²) in [5.74, 6) is 1.69. The average molecular weight is 364 g/mol. The summed E-state index contributed by atoms with van der Waals surface area (Å²) in [6, 6.07) is 12.3. The summed E-state index contributed by atoms with van der Waals surface area (Å²) >= 11 is 3.39. The lowest BCUT2D eigenvalue weighted by Crippen LogP contribution is -2.39. The van der Waals surface area contributed by atoms with Gasteiger partial charge in [0.1, 0.15) is 5.60 Å². The van der Waals surface area contributed by atoms with Crippen molar-refractivity contribution in [2.75, 3.05) is 25.4 Å². The molecule has 0 spiro atoms. The Hall–Kier alpha value is -1.50. The molecular weight excluding hydrogens is 338 g/mol. The lowest BCUT2D eigenvalue weighted by molar-refractivity contribution is 0.0677. The van der Waals surface area contributed by atoms with Crippen LogP contribution in [0.2, 0.25) is 0 Å². The van der Waals surface area contributed by atoms with Crippen LogP contribution in [0.4, 0.5) is 0 Å². The fourth-order valence-corrected chi connectivity index (χ4v) is 3.66. The Morgan fingerprint density at radius 1 is 1.25 bits per heavy atom. The standard InChI is InChI=1S/C18H25N3OS2/c1-3-19-17(20-10-12-24-16-7-5-4-6-8-16)21-14-18(2,22)15-9-11-23-13-15/h4-9,11,13,22H,3,10,12,14H2,1-2H3,(H2,19,20,21). The molecule has 0 aliphatic heterocycles.